The van der Waals surface area contributed by atoms with Crippen LogP contribution in [0.5, 0.6) is 5.75 Å². The van der Waals surface area contributed by atoms with E-state index in [0.29, 0.717) is 11.3 Å². The van der Waals surface area contributed by atoms with Crippen LogP contribution in [0, 0.1) is 5.82 Å². The molecule has 28 heavy (non-hydrogen) atoms. The number of ether oxygens (including phenoxy) is 1. The maximum Gasteiger partial charge on any atom is 0.265 e. The van der Waals surface area contributed by atoms with Gasteiger partial charge < -0.3 is 4.74 Å². The van der Waals surface area contributed by atoms with Crippen molar-refractivity contribution in [3.8, 4) is 5.75 Å². The minimum absolute atomic E-state index is 0.0195. The van der Waals surface area contributed by atoms with E-state index in [1.54, 1.807) is 30.3 Å². The number of carbonyl (C=O) groups excluding carboxylic acids is 1. The van der Waals surface area contributed by atoms with Gasteiger partial charge in [0.15, 0.2) is 0 Å². The van der Waals surface area contributed by atoms with Gasteiger partial charge in [0.05, 0.1) is 4.90 Å². The fourth-order valence-electron chi connectivity index (χ4n) is 2.33. The monoisotopic (exact) mass is 463 g/mol. The van der Waals surface area contributed by atoms with E-state index >= 15 is 0 Å². The molecule has 0 atom stereocenters. The number of nitrogens with one attached hydrogen (secondary N) is 1. The van der Waals surface area contributed by atoms with E-state index in [2.05, 4.69) is 15.9 Å². The first-order valence-corrected chi connectivity index (χ1v) is 10.4. The molecule has 0 heterocycles. The van der Waals surface area contributed by atoms with Crippen molar-refractivity contribution in [2.45, 2.75) is 11.5 Å². The van der Waals surface area contributed by atoms with E-state index < -0.39 is 15.9 Å². The second kappa shape index (κ2) is 8.53. The summed E-state index contributed by atoms with van der Waals surface area (Å²) in [6, 6.07) is 18.1. The summed E-state index contributed by atoms with van der Waals surface area (Å²) in [5.74, 6) is -0.698. The molecule has 0 fully saturated rings. The lowest BCUT2D eigenvalue weighted by atomic mass is 10.2. The summed E-state index contributed by atoms with van der Waals surface area (Å²) in [5, 5.41) is 0. The number of carbonyl (C=O) groups is 1. The van der Waals surface area contributed by atoms with Crippen molar-refractivity contribution in [2.75, 3.05) is 0 Å². The smallest absolute Gasteiger partial charge is 0.265 e. The van der Waals surface area contributed by atoms with Crippen LogP contribution in [0.4, 0.5) is 4.39 Å². The molecule has 0 aromatic heterocycles. The first kappa shape index (κ1) is 20.0. The Labute approximate surface area is 170 Å². The maximum atomic E-state index is 13.6. The standard InChI is InChI=1S/C20H15BrFNO4S/c21-16-7-11-18(12-8-16)28(25,26)23-20(24)14-5-9-17(10-6-14)27-13-15-3-1-2-4-19(15)22/h1-12H,13H2,(H,23,24). The van der Waals surface area contributed by atoms with Crippen molar-refractivity contribution in [3.63, 3.8) is 0 Å². The Balaban J connectivity index is 1.65. The Morgan fingerprint density at radius 3 is 2.25 bits per heavy atom. The highest BCUT2D eigenvalue weighted by Gasteiger charge is 2.18. The van der Waals surface area contributed by atoms with Crippen molar-refractivity contribution < 1.29 is 22.3 Å². The molecule has 5 nitrogen and oxygen atoms in total. The summed E-state index contributed by atoms with van der Waals surface area (Å²) in [7, 11) is -3.98. The third-order valence-electron chi connectivity index (χ3n) is 3.82. The van der Waals surface area contributed by atoms with Gasteiger partial charge >= 0.3 is 0 Å². The van der Waals surface area contributed by atoms with Gasteiger partial charge in [-0.1, -0.05) is 34.1 Å². The van der Waals surface area contributed by atoms with Crippen molar-refractivity contribution in [2.24, 2.45) is 0 Å². The molecule has 8 heteroatoms. The quantitative estimate of drug-likeness (QED) is 0.591. The Kier molecular flexibility index (Phi) is 6.11. The molecule has 0 saturated carbocycles. The summed E-state index contributed by atoms with van der Waals surface area (Å²) >= 11 is 3.22. The first-order chi connectivity index (χ1) is 13.3. The van der Waals surface area contributed by atoms with Gasteiger partial charge in [0.25, 0.3) is 15.9 Å². The minimum atomic E-state index is -3.98. The van der Waals surface area contributed by atoms with Crippen LogP contribution in [0.3, 0.4) is 0 Å². The molecule has 0 aliphatic rings. The molecule has 0 aliphatic heterocycles. The zero-order chi connectivity index (χ0) is 20.1. The summed E-state index contributed by atoms with van der Waals surface area (Å²) in [6.45, 7) is 0.0379. The Bertz CT molecular complexity index is 1080. The highest BCUT2D eigenvalue weighted by molar-refractivity contribution is 9.10. The van der Waals surface area contributed by atoms with Gasteiger partial charge in [-0.2, -0.15) is 0 Å². The molecular formula is C20H15BrFNO4S. The van der Waals surface area contributed by atoms with Crippen molar-refractivity contribution in [1.82, 2.24) is 4.72 Å². The topological polar surface area (TPSA) is 72.5 Å². The summed E-state index contributed by atoms with van der Waals surface area (Å²) in [6.07, 6.45) is 0. The van der Waals surface area contributed by atoms with Crippen LogP contribution in [0.25, 0.3) is 0 Å². The molecule has 1 N–H and O–H groups in total. The summed E-state index contributed by atoms with van der Waals surface area (Å²) < 4.78 is 46.4. The first-order valence-electron chi connectivity index (χ1n) is 8.14. The second-order valence-electron chi connectivity index (χ2n) is 5.79. The average molecular weight is 464 g/mol. The van der Waals surface area contributed by atoms with E-state index in [-0.39, 0.29) is 22.9 Å². The number of sulfonamides is 1. The highest BCUT2D eigenvalue weighted by atomic mass is 79.9. The molecule has 0 saturated heterocycles. The highest BCUT2D eigenvalue weighted by Crippen LogP contribution is 2.17. The molecule has 0 bridgehead atoms. The number of hydrogen-bond donors (Lipinski definition) is 1. The fraction of sp³-hybridized carbons (Fsp3) is 0.0500. The van der Waals surface area contributed by atoms with Crippen LogP contribution in [-0.2, 0) is 16.6 Å². The van der Waals surface area contributed by atoms with Crippen LogP contribution in [0.1, 0.15) is 15.9 Å². The van der Waals surface area contributed by atoms with Crippen molar-refractivity contribution >= 4 is 31.9 Å². The molecule has 3 aromatic carbocycles. The molecule has 3 rings (SSSR count). The zero-order valence-electron chi connectivity index (χ0n) is 14.4. The van der Waals surface area contributed by atoms with Crippen molar-refractivity contribution in [3.05, 3.63) is 94.2 Å². The number of hydrogen-bond acceptors (Lipinski definition) is 4. The van der Waals surface area contributed by atoms with Crippen LogP contribution in [0.2, 0.25) is 0 Å². The number of benzene rings is 3. The molecule has 0 unspecified atom stereocenters. The molecule has 3 aromatic rings. The lowest BCUT2D eigenvalue weighted by Crippen LogP contribution is -2.30. The SMILES string of the molecule is O=C(NS(=O)(=O)c1ccc(Br)cc1)c1ccc(OCc2ccccc2F)cc1. The number of halogens is 2. The van der Waals surface area contributed by atoms with Crippen LogP contribution in [-0.4, -0.2) is 14.3 Å². The minimum Gasteiger partial charge on any atom is -0.489 e. The van der Waals surface area contributed by atoms with E-state index in [1.807, 2.05) is 4.72 Å². The maximum absolute atomic E-state index is 13.6. The molecule has 0 aliphatic carbocycles. The summed E-state index contributed by atoms with van der Waals surface area (Å²) in [5.41, 5.74) is 0.559. The fourth-order valence-corrected chi connectivity index (χ4v) is 3.57. The van der Waals surface area contributed by atoms with Gasteiger partial charge in [-0.05, 0) is 54.6 Å². The molecule has 0 radical (unpaired) electrons. The molecular weight excluding hydrogens is 449 g/mol. The third-order valence-corrected chi connectivity index (χ3v) is 5.70. The molecule has 144 valence electrons. The largest absolute Gasteiger partial charge is 0.489 e. The van der Waals surface area contributed by atoms with Gasteiger partial charge in [0.1, 0.15) is 18.2 Å². The van der Waals surface area contributed by atoms with Gasteiger partial charge in [0, 0.05) is 15.6 Å². The second-order valence-corrected chi connectivity index (χ2v) is 8.39. The number of amides is 1. The Hall–Kier alpha value is -2.71. The Morgan fingerprint density at radius 1 is 0.964 bits per heavy atom. The predicted octanol–water partition coefficient (Wildman–Crippen LogP) is 4.29. The lowest BCUT2D eigenvalue weighted by molar-refractivity contribution is 0.0981. The van der Waals surface area contributed by atoms with E-state index in [4.69, 9.17) is 4.74 Å². The number of rotatable bonds is 6. The lowest BCUT2D eigenvalue weighted by Gasteiger charge is -2.09. The normalized spacial score (nSPS) is 11.1. The summed E-state index contributed by atoms with van der Waals surface area (Å²) in [4.78, 5) is 12.2. The van der Waals surface area contributed by atoms with Gasteiger partial charge in [-0.15, -0.1) is 0 Å². The third kappa shape index (κ3) is 4.96. The molecule has 0 spiro atoms. The van der Waals surface area contributed by atoms with Gasteiger partial charge in [-0.25, -0.2) is 17.5 Å². The van der Waals surface area contributed by atoms with Gasteiger partial charge in [-0.3, -0.25) is 4.79 Å². The van der Waals surface area contributed by atoms with Crippen LogP contribution in [0.15, 0.2) is 82.2 Å². The van der Waals surface area contributed by atoms with Crippen molar-refractivity contribution in [1.29, 1.82) is 0 Å². The Morgan fingerprint density at radius 2 is 1.61 bits per heavy atom. The zero-order valence-corrected chi connectivity index (χ0v) is 16.8. The van der Waals surface area contributed by atoms with Crippen LogP contribution >= 0.6 is 15.9 Å². The average Bonchev–Trinajstić information content (AvgIpc) is 2.68. The van der Waals surface area contributed by atoms with E-state index in [9.17, 15) is 17.6 Å². The van der Waals surface area contributed by atoms with E-state index in [1.165, 1.54) is 42.5 Å². The predicted molar refractivity (Wildman–Crippen MR) is 106 cm³/mol. The van der Waals surface area contributed by atoms with Crippen LogP contribution < -0.4 is 9.46 Å². The molecule has 1 amide bonds. The van der Waals surface area contributed by atoms with E-state index in [0.717, 1.165) is 4.47 Å². The van der Waals surface area contributed by atoms with Gasteiger partial charge in [0.2, 0.25) is 0 Å².